The van der Waals surface area contributed by atoms with Crippen molar-refractivity contribution < 1.29 is 9.84 Å². The summed E-state index contributed by atoms with van der Waals surface area (Å²) in [6, 6.07) is 8.59. The van der Waals surface area contributed by atoms with E-state index in [1.54, 1.807) is 0 Å². The van der Waals surface area contributed by atoms with Crippen molar-refractivity contribution in [2.24, 2.45) is 5.92 Å². The van der Waals surface area contributed by atoms with Crippen LogP contribution in [0.15, 0.2) is 24.3 Å². The Hall–Kier alpha value is -0.900. The molecule has 2 N–H and O–H groups in total. The van der Waals surface area contributed by atoms with Crippen molar-refractivity contribution in [3.05, 3.63) is 35.4 Å². The summed E-state index contributed by atoms with van der Waals surface area (Å²) >= 11 is 0. The monoisotopic (exact) mass is 293 g/mol. The van der Waals surface area contributed by atoms with Crippen LogP contribution in [-0.2, 0) is 17.7 Å². The minimum atomic E-state index is -0.450. The van der Waals surface area contributed by atoms with Crippen LogP contribution in [0.1, 0.15) is 45.2 Å². The highest BCUT2D eigenvalue weighted by Gasteiger charge is 2.09. The first-order valence-corrected chi connectivity index (χ1v) is 8.09. The number of rotatable bonds is 10. The Kier molecular flexibility index (Phi) is 8.58. The van der Waals surface area contributed by atoms with E-state index >= 15 is 0 Å². The minimum Gasteiger partial charge on any atom is -0.389 e. The van der Waals surface area contributed by atoms with E-state index in [2.05, 4.69) is 57.3 Å². The standard InChI is InChI=1S/C18H31NO2/c1-5-16-6-8-17(9-7-16)11-19-12-18(20)13-21-15(4)10-14(2)3/h6-9,14-15,18-20H,5,10-13H2,1-4H3. The Morgan fingerprint density at radius 3 is 2.29 bits per heavy atom. The normalized spacial score (nSPS) is 14.4. The summed E-state index contributed by atoms with van der Waals surface area (Å²) in [6.45, 7) is 10.3. The molecule has 21 heavy (non-hydrogen) atoms. The van der Waals surface area contributed by atoms with Gasteiger partial charge in [0.25, 0.3) is 0 Å². The molecule has 0 aliphatic heterocycles. The predicted molar refractivity (Wildman–Crippen MR) is 88.4 cm³/mol. The van der Waals surface area contributed by atoms with Crippen molar-refractivity contribution in [2.75, 3.05) is 13.2 Å². The lowest BCUT2D eigenvalue weighted by Gasteiger charge is -2.18. The van der Waals surface area contributed by atoms with Crippen molar-refractivity contribution in [2.45, 2.75) is 59.3 Å². The van der Waals surface area contributed by atoms with Crippen LogP contribution in [0.2, 0.25) is 0 Å². The average molecular weight is 293 g/mol. The highest BCUT2D eigenvalue weighted by atomic mass is 16.5. The predicted octanol–water partition coefficient (Wildman–Crippen LogP) is 3.15. The third kappa shape index (κ3) is 8.20. The molecular weight excluding hydrogens is 262 g/mol. The number of hydrogen-bond acceptors (Lipinski definition) is 3. The number of ether oxygens (including phenoxy) is 1. The molecule has 1 rings (SSSR count). The Labute approximate surface area is 129 Å². The van der Waals surface area contributed by atoms with Gasteiger partial charge in [-0.15, -0.1) is 0 Å². The molecule has 0 amide bonds. The SMILES string of the molecule is CCc1ccc(CNCC(O)COC(C)CC(C)C)cc1. The third-order valence-electron chi connectivity index (χ3n) is 3.52. The van der Waals surface area contributed by atoms with Gasteiger partial charge >= 0.3 is 0 Å². The fourth-order valence-corrected chi connectivity index (χ4v) is 2.34. The first-order valence-electron chi connectivity index (χ1n) is 8.09. The van der Waals surface area contributed by atoms with E-state index in [0.29, 0.717) is 19.1 Å². The number of aryl methyl sites for hydroxylation is 1. The van der Waals surface area contributed by atoms with Crippen LogP contribution >= 0.6 is 0 Å². The van der Waals surface area contributed by atoms with Crippen LogP contribution in [0.4, 0.5) is 0 Å². The molecule has 3 heteroatoms. The van der Waals surface area contributed by atoms with E-state index in [4.69, 9.17) is 4.74 Å². The van der Waals surface area contributed by atoms with Gasteiger partial charge in [0.2, 0.25) is 0 Å². The summed E-state index contributed by atoms with van der Waals surface area (Å²) in [4.78, 5) is 0. The van der Waals surface area contributed by atoms with Gasteiger partial charge in [0.05, 0.1) is 18.8 Å². The fraction of sp³-hybridized carbons (Fsp3) is 0.667. The summed E-state index contributed by atoms with van der Waals surface area (Å²) in [5.74, 6) is 0.626. The van der Waals surface area contributed by atoms with Crippen molar-refractivity contribution >= 4 is 0 Å². The van der Waals surface area contributed by atoms with Crippen LogP contribution in [0.3, 0.4) is 0 Å². The number of aliphatic hydroxyl groups excluding tert-OH is 1. The zero-order valence-electron chi connectivity index (χ0n) is 13.9. The Morgan fingerprint density at radius 2 is 1.71 bits per heavy atom. The molecule has 3 nitrogen and oxygen atoms in total. The lowest BCUT2D eigenvalue weighted by Crippen LogP contribution is -2.31. The third-order valence-corrected chi connectivity index (χ3v) is 3.52. The van der Waals surface area contributed by atoms with E-state index in [9.17, 15) is 5.11 Å². The van der Waals surface area contributed by atoms with Gasteiger partial charge < -0.3 is 15.2 Å². The molecular formula is C18H31NO2. The summed E-state index contributed by atoms with van der Waals surface area (Å²) < 4.78 is 5.66. The van der Waals surface area contributed by atoms with E-state index < -0.39 is 6.10 Å². The maximum Gasteiger partial charge on any atom is 0.0897 e. The van der Waals surface area contributed by atoms with Crippen molar-refractivity contribution in [1.29, 1.82) is 0 Å². The first-order chi connectivity index (χ1) is 10.0. The van der Waals surface area contributed by atoms with Crippen LogP contribution < -0.4 is 5.32 Å². The molecule has 1 aromatic carbocycles. The number of hydrogen-bond donors (Lipinski definition) is 2. The lowest BCUT2D eigenvalue weighted by molar-refractivity contribution is -0.00857. The van der Waals surface area contributed by atoms with Gasteiger partial charge in [0, 0.05) is 13.1 Å². The fourth-order valence-electron chi connectivity index (χ4n) is 2.34. The molecule has 0 saturated carbocycles. The summed E-state index contributed by atoms with van der Waals surface area (Å²) in [5.41, 5.74) is 2.60. The molecule has 120 valence electrons. The van der Waals surface area contributed by atoms with Crippen molar-refractivity contribution in [3.8, 4) is 0 Å². The van der Waals surface area contributed by atoms with Gasteiger partial charge in [-0.05, 0) is 36.8 Å². The second kappa shape index (κ2) is 9.93. The van der Waals surface area contributed by atoms with E-state index in [1.807, 2.05) is 0 Å². The van der Waals surface area contributed by atoms with Gasteiger partial charge in [0.1, 0.15) is 0 Å². The second-order valence-corrected chi connectivity index (χ2v) is 6.23. The number of aliphatic hydroxyl groups is 1. The molecule has 0 aliphatic rings. The number of nitrogens with one attached hydrogen (secondary N) is 1. The molecule has 0 heterocycles. The molecule has 0 spiro atoms. The zero-order chi connectivity index (χ0) is 15.7. The van der Waals surface area contributed by atoms with Crippen molar-refractivity contribution in [1.82, 2.24) is 5.32 Å². The van der Waals surface area contributed by atoms with Crippen molar-refractivity contribution in [3.63, 3.8) is 0 Å². The molecule has 0 fully saturated rings. The summed E-state index contributed by atoms with van der Waals surface area (Å²) in [6.07, 6.45) is 1.86. The maximum absolute atomic E-state index is 9.90. The zero-order valence-corrected chi connectivity index (χ0v) is 13.9. The van der Waals surface area contributed by atoms with E-state index in [0.717, 1.165) is 19.4 Å². The smallest absolute Gasteiger partial charge is 0.0897 e. The van der Waals surface area contributed by atoms with Crippen LogP contribution in [0.25, 0.3) is 0 Å². The maximum atomic E-state index is 9.90. The largest absolute Gasteiger partial charge is 0.389 e. The first kappa shape index (κ1) is 18.1. The lowest BCUT2D eigenvalue weighted by atomic mass is 10.1. The van der Waals surface area contributed by atoms with Gasteiger partial charge in [-0.2, -0.15) is 0 Å². The molecule has 0 saturated heterocycles. The van der Waals surface area contributed by atoms with Gasteiger partial charge in [-0.3, -0.25) is 0 Å². The quantitative estimate of drug-likeness (QED) is 0.696. The van der Waals surface area contributed by atoms with Crippen LogP contribution in [-0.4, -0.2) is 30.5 Å². The average Bonchev–Trinajstić information content (AvgIpc) is 2.45. The number of benzene rings is 1. The highest BCUT2D eigenvalue weighted by molar-refractivity contribution is 5.22. The van der Waals surface area contributed by atoms with Crippen LogP contribution in [0.5, 0.6) is 0 Å². The van der Waals surface area contributed by atoms with Gasteiger partial charge in [0.15, 0.2) is 0 Å². The molecule has 0 bridgehead atoms. The molecule has 0 aromatic heterocycles. The van der Waals surface area contributed by atoms with E-state index in [-0.39, 0.29) is 6.10 Å². The Morgan fingerprint density at radius 1 is 1.10 bits per heavy atom. The molecule has 2 unspecified atom stereocenters. The topological polar surface area (TPSA) is 41.5 Å². The van der Waals surface area contributed by atoms with E-state index in [1.165, 1.54) is 11.1 Å². The van der Waals surface area contributed by atoms with Gasteiger partial charge in [-0.25, -0.2) is 0 Å². The second-order valence-electron chi connectivity index (χ2n) is 6.23. The summed E-state index contributed by atoms with van der Waals surface area (Å²) in [7, 11) is 0. The Bertz CT molecular complexity index is 375. The summed E-state index contributed by atoms with van der Waals surface area (Å²) in [5, 5.41) is 13.2. The molecule has 0 radical (unpaired) electrons. The highest BCUT2D eigenvalue weighted by Crippen LogP contribution is 2.08. The minimum absolute atomic E-state index is 0.209. The molecule has 0 aliphatic carbocycles. The molecule has 1 aromatic rings. The van der Waals surface area contributed by atoms with Crippen LogP contribution in [0, 0.1) is 5.92 Å². The van der Waals surface area contributed by atoms with Gasteiger partial charge in [-0.1, -0.05) is 45.0 Å². The Balaban J connectivity index is 2.16. The molecule has 2 atom stereocenters.